The molecule has 2 rings (SSSR count). The number of thiazole rings is 1. The highest BCUT2D eigenvalue weighted by Crippen LogP contribution is 2.21. The van der Waals surface area contributed by atoms with E-state index in [0.29, 0.717) is 6.10 Å². The van der Waals surface area contributed by atoms with Crippen LogP contribution in [0.3, 0.4) is 0 Å². The van der Waals surface area contributed by atoms with Gasteiger partial charge in [0.15, 0.2) is 0 Å². The van der Waals surface area contributed by atoms with Gasteiger partial charge in [-0.15, -0.1) is 11.3 Å². The first-order valence-corrected chi connectivity index (χ1v) is 9.07. The van der Waals surface area contributed by atoms with Gasteiger partial charge in [0, 0.05) is 23.7 Å². The molecule has 1 aromatic rings. The lowest BCUT2D eigenvalue weighted by Crippen LogP contribution is -2.42. The van der Waals surface area contributed by atoms with Gasteiger partial charge in [0.05, 0.1) is 12.1 Å². The molecule has 5 nitrogen and oxygen atoms in total. The molecule has 1 fully saturated rings. The molecule has 3 unspecified atom stereocenters. The third kappa shape index (κ3) is 5.25. The number of nitrogens with one attached hydrogen (secondary N) is 2. The fraction of sp³-hybridized carbons (Fsp3) is 0.750. The van der Waals surface area contributed by atoms with Crippen LogP contribution in [0, 0.1) is 6.92 Å². The molecule has 0 aromatic carbocycles. The molecule has 2 N–H and O–H groups in total. The van der Waals surface area contributed by atoms with Crippen molar-refractivity contribution in [2.75, 3.05) is 6.61 Å². The molecule has 1 saturated heterocycles. The maximum Gasteiger partial charge on any atom is 0.315 e. The predicted molar refractivity (Wildman–Crippen MR) is 89.2 cm³/mol. The van der Waals surface area contributed by atoms with Crippen LogP contribution in [0.25, 0.3) is 0 Å². The maximum absolute atomic E-state index is 12.1. The quantitative estimate of drug-likeness (QED) is 0.806. The van der Waals surface area contributed by atoms with Gasteiger partial charge in [0.25, 0.3) is 0 Å². The van der Waals surface area contributed by atoms with Gasteiger partial charge in [-0.2, -0.15) is 0 Å². The number of aryl methyl sites for hydroxylation is 1. The summed E-state index contributed by atoms with van der Waals surface area (Å²) in [5.74, 6) is 0. The minimum absolute atomic E-state index is 0.0101. The average Bonchev–Trinajstić information content (AvgIpc) is 3.14. The van der Waals surface area contributed by atoms with Crippen molar-refractivity contribution in [2.24, 2.45) is 0 Å². The van der Waals surface area contributed by atoms with Crippen molar-refractivity contribution in [2.45, 2.75) is 71.1 Å². The molecule has 124 valence electrons. The second-order valence-corrected chi connectivity index (χ2v) is 6.91. The second-order valence-electron chi connectivity index (χ2n) is 6.02. The third-order valence-corrected chi connectivity index (χ3v) is 5.05. The predicted octanol–water partition coefficient (Wildman–Crippen LogP) is 3.55. The molecule has 1 aliphatic heterocycles. The molecule has 1 aliphatic rings. The van der Waals surface area contributed by atoms with E-state index in [9.17, 15) is 4.79 Å². The van der Waals surface area contributed by atoms with Gasteiger partial charge in [-0.05, 0) is 46.0 Å². The molecule has 3 atom stereocenters. The summed E-state index contributed by atoms with van der Waals surface area (Å²) in [4.78, 5) is 16.6. The zero-order valence-corrected chi connectivity index (χ0v) is 14.5. The number of aromatic nitrogens is 1. The summed E-state index contributed by atoms with van der Waals surface area (Å²) >= 11 is 1.60. The molecule has 6 heteroatoms. The van der Waals surface area contributed by atoms with Gasteiger partial charge in [-0.1, -0.05) is 6.92 Å². The lowest BCUT2D eigenvalue weighted by molar-refractivity contribution is 0.100. The molecule has 0 bridgehead atoms. The molecule has 0 aliphatic carbocycles. The van der Waals surface area contributed by atoms with Crippen molar-refractivity contribution in [3.05, 3.63) is 16.1 Å². The highest BCUT2D eigenvalue weighted by Gasteiger charge is 2.19. The average molecular weight is 325 g/mol. The van der Waals surface area contributed by atoms with Crippen molar-refractivity contribution in [1.29, 1.82) is 0 Å². The molecule has 0 radical (unpaired) electrons. The standard InChI is InChI=1S/C16H27N3O2S/c1-4-14(15-17-12(3)10-22-15)19-16(20)18-11(2)7-8-13-6-5-9-21-13/h10-11,13-14H,4-9H2,1-3H3,(H2,18,19,20). The van der Waals surface area contributed by atoms with Crippen LogP contribution in [-0.2, 0) is 4.74 Å². The number of nitrogens with zero attached hydrogens (tertiary/aromatic N) is 1. The topological polar surface area (TPSA) is 63.2 Å². The van der Waals surface area contributed by atoms with Crippen LogP contribution in [0.2, 0.25) is 0 Å². The van der Waals surface area contributed by atoms with Crippen LogP contribution in [0.1, 0.15) is 62.7 Å². The Morgan fingerprint density at radius 1 is 1.55 bits per heavy atom. The van der Waals surface area contributed by atoms with E-state index in [1.54, 1.807) is 11.3 Å². The summed E-state index contributed by atoms with van der Waals surface area (Å²) in [6, 6.07) is 0.0309. The Hall–Kier alpha value is -1.14. The first-order valence-electron chi connectivity index (χ1n) is 8.19. The Bertz CT molecular complexity index is 472. The Labute approximate surface area is 136 Å². The van der Waals surface area contributed by atoms with Gasteiger partial charge in [0.2, 0.25) is 0 Å². The van der Waals surface area contributed by atoms with Gasteiger partial charge in [-0.25, -0.2) is 9.78 Å². The van der Waals surface area contributed by atoms with E-state index in [4.69, 9.17) is 4.74 Å². The van der Waals surface area contributed by atoms with Crippen molar-refractivity contribution in [3.63, 3.8) is 0 Å². The van der Waals surface area contributed by atoms with Gasteiger partial charge < -0.3 is 15.4 Å². The molecule has 1 aromatic heterocycles. The van der Waals surface area contributed by atoms with E-state index in [-0.39, 0.29) is 18.1 Å². The zero-order chi connectivity index (χ0) is 15.9. The smallest absolute Gasteiger partial charge is 0.315 e. The summed E-state index contributed by atoms with van der Waals surface area (Å²) in [6.07, 6.45) is 5.51. The van der Waals surface area contributed by atoms with Gasteiger partial charge >= 0.3 is 6.03 Å². The largest absolute Gasteiger partial charge is 0.378 e. The van der Waals surface area contributed by atoms with Crippen LogP contribution < -0.4 is 10.6 Å². The maximum atomic E-state index is 12.1. The second kappa shape index (κ2) is 8.48. The normalized spacial score (nSPS) is 20.6. The van der Waals surface area contributed by atoms with Crippen molar-refractivity contribution < 1.29 is 9.53 Å². The molecule has 2 heterocycles. The highest BCUT2D eigenvalue weighted by atomic mass is 32.1. The van der Waals surface area contributed by atoms with Crippen LogP contribution in [-0.4, -0.2) is 29.8 Å². The first kappa shape index (κ1) is 17.2. The first-order chi connectivity index (χ1) is 10.6. The fourth-order valence-corrected chi connectivity index (χ4v) is 3.60. The summed E-state index contributed by atoms with van der Waals surface area (Å²) < 4.78 is 5.62. The Balaban J connectivity index is 1.73. The summed E-state index contributed by atoms with van der Waals surface area (Å²) in [5.41, 5.74) is 1.01. The Kier molecular flexibility index (Phi) is 6.64. The molecular weight excluding hydrogens is 298 g/mol. The zero-order valence-electron chi connectivity index (χ0n) is 13.7. The molecule has 2 amide bonds. The Morgan fingerprint density at radius 3 is 2.95 bits per heavy atom. The number of carbonyl (C=O) groups excluding carboxylic acids is 1. The number of ether oxygens (including phenoxy) is 1. The van der Waals surface area contributed by atoms with E-state index in [2.05, 4.69) is 22.5 Å². The molecular formula is C16H27N3O2S. The lowest BCUT2D eigenvalue weighted by atomic mass is 10.1. The number of hydrogen-bond acceptors (Lipinski definition) is 4. The molecule has 22 heavy (non-hydrogen) atoms. The monoisotopic (exact) mass is 325 g/mol. The molecule has 0 spiro atoms. The van der Waals surface area contributed by atoms with Crippen LogP contribution in [0.15, 0.2) is 5.38 Å². The van der Waals surface area contributed by atoms with Crippen molar-refractivity contribution in [1.82, 2.24) is 15.6 Å². The highest BCUT2D eigenvalue weighted by molar-refractivity contribution is 7.09. The Morgan fingerprint density at radius 2 is 2.36 bits per heavy atom. The van der Waals surface area contributed by atoms with E-state index >= 15 is 0 Å². The van der Waals surface area contributed by atoms with E-state index < -0.39 is 0 Å². The fourth-order valence-electron chi connectivity index (χ4n) is 2.67. The van der Waals surface area contributed by atoms with Gasteiger partial charge in [0.1, 0.15) is 5.01 Å². The van der Waals surface area contributed by atoms with E-state index in [0.717, 1.165) is 43.0 Å². The van der Waals surface area contributed by atoms with Crippen molar-refractivity contribution in [3.8, 4) is 0 Å². The summed E-state index contributed by atoms with van der Waals surface area (Å²) in [7, 11) is 0. The van der Waals surface area contributed by atoms with E-state index in [1.165, 1.54) is 6.42 Å². The SMILES string of the molecule is CCC(NC(=O)NC(C)CCC1CCCO1)c1nc(C)cs1. The van der Waals surface area contributed by atoms with Crippen LogP contribution in [0.4, 0.5) is 4.79 Å². The van der Waals surface area contributed by atoms with E-state index in [1.807, 2.05) is 19.2 Å². The molecule has 0 saturated carbocycles. The minimum Gasteiger partial charge on any atom is -0.378 e. The van der Waals surface area contributed by atoms with Crippen molar-refractivity contribution >= 4 is 17.4 Å². The summed E-state index contributed by atoms with van der Waals surface area (Å²) in [5, 5.41) is 9.03. The number of urea groups is 1. The minimum atomic E-state index is -0.112. The number of rotatable bonds is 7. The third-order valence-electron chi connectivity index (χ3n) is 3.97. The van der Waals surface area contributed by atoms with Crippen LogP contribution >= 0.6 is 11.3 Å². The number of carbonyl (C=O) groups is 1. The van der Waals surface area contributed by atoms with Crippen LogP contribution in [0.5, 0.6) is 0 Å². The van der Waals surface area contributed by atoms with Gasteiger partial charge in [-0.3, -0.25) is 0 Å². The number of amides is 2. The number of hydrogen-bond donors (Lipinski definition) is 2. The summed E-state index contributed by atoms with van der Waals surface area (Å²) in [6.45, 7) is 6.96. The lowest BCUT2D eigenvalue weighted by Gasteiger charge is -2.19.